The minimum Gasteiger partial charge on any atom is -0.481 e. The number of hydrogen-bond acceptors (Lipinski definition) is 3. The number of aliphatic carboxylic acids is 1. The van der Waals surface area contributed by atoms with Crippen LogP contribution >= 0.6 is 0 Å². The molecule has 0 aromatic heterocycles. The van der Waals surface area contributed by atoms with Crippen molar-refractivity contribution < 1.29 is 19.5 Å². The Hall–Kier alpha value is -2.63. The molecule has 0 fully saturated rings. The molecule has 2 unspecified atom stereocenters. The molecule has 0 saturated heterocycles. The zero-order valence-corrected chi connectivity index (χ0v) is 13.8. The van der Waals surface area contributed by atoms with Gasteiger partial charge in [0.15, 0.2) is 0 Å². The lowest BCUT2D eigenvalue weighted by Gasteiger charge is -2.24. The third kappa shape index (κ3) is 4.01. The van der Waals surface area contributed by atoms with E-state index in [4.69, 9.17) is 0 Å². The fraction of sp³-hybridized carbons (Fsp3) is 0.389. The molecule has 1 aromatic carbocycles. The SMILES string of the molecule is CCNC(=O)c1ccc(C)c(NC(=O)C2CC=CCC2C(=O)O)c1. The van der Waals surface area contributed by atoms with Crippen molar-refractivity contribution in [3.8, 4) is 0 Å². The highest BCUT2D eigenvalue weighted by atomic mass is 16.4. The smallest absolute Gasteiger partial charge is 0.307 e. The maximum Gasteiger partial charge on any atom is 0.307 e. The summed E-state index contributed by atoms with van der Waals surface area (Å²) in [6.45, 7) is 4.17. The van der Waals surface area contributed by atoms with E-state index in [0.29, 0.717) is 30.6 Å². The standard InChI is InChI=1S/C18H22N2O4/c1-3-19-16(21)12-9-8-11(2)15(10-12)20-17(22)13-6-4-5-7-14(13)18(23)24/h4-5,8-10,13-14H,3,6-7H2,1-2H3,(H,19,21)(H,20,22)(H,23,24). The summed E-state index contributed by atoms with van der Waals surface area (Å²) < 4.78 is 0. The topological polar surface area (TPSA) is 95.5 Å². The van der Waals surface area contributed by atoms with Crippen molar-refractivity contribution in [2.75, 3.05) is 11.9 Å². The van der Waals surface area contributed by atoms with Crippen LogP contribution in [0.5, 0.6) is 0 Å². The molecule has 24 heavy (non-hydrogen) atoms. The molecule has 2 rings (SSSR count). The van der Waals surface area contributed by atoms with Crippen LogP contribution < -0.4 is 10.6 Å². The van der Waals surface area contributed by atoms with Crippen LogP contribution in [0, 0.1) is 18.8 Å². The van der Waals surface area contributed by atoms with Gasteiger partial charge in [0.25, 0.3) is 5.91 Å². The molecule has 0 radical (unpaired) electrons. The first-order valence-corrected chi connectivity index (χ1v) is 8.01. The fourth-order valence-electron chi connectivity index (χ4n) is 2.76. The zero-order valence-electron chi connectivity index (χ0n) is 13.8. The maximum absolute atomic E-state index is 12.5. The number of rotatable bonds is 5. The summed E-state index contributed by atoms with van der Waals surface area (Å²) in [5, 5.41) is 14.8. The molecule has 3 N–H and O–H groups in total. The Bertz CT molecular complexity index is 682. The number of aryl methyl sites for hydroxylation is 1. The molecule has 0 heterocycles. The second-order valence-electron chi connectivity index (χ2n) is 5.87. The number of allylic oxidation sites excluding steroid dienone is 2. The van der Waals surface area contributed by atoms with Crippen LogP contribution in [-0.2, 0) is 9.59 Å². The van der Waals surface area contributed by atoms with E-state index in [1.54, 1.807) is 24.3 Å². The van der Waals surface area contributed by atoms with Crippen LogP contribution in [0.2, 0.25) is 0 Å². The van der Waals surface area contributed by atoms with Gasteiger partial charge < -0.3 is 15.7 Å². The number of carbonyl (C=O) groups is 3. The summed E-state index contributed by atoms with van der Waals surface area (Å²) in [7, 11) is 0. The number of carbonyl (C=O) groups excluding carboxylic acids is 2. The Kier molecular flexibility index (Phi) is 5.73. The maximum atomic E-state index is 12.5. The lowest BCUT2D eigenvalue weighted by atomic mass is 9.82. The van der Waals surface area contributed by atoms with Crippen molar-refractivity contribution in [3.63, 3.8) is 0 Å². The van der Waals surface area contributed by atoms with Crippen LogP contribution in [0.4, 0.5) is 5.69 Å². The molecule has 1 aliphatic rings. The molecule has 6 heteroatoms. The number of hydrogen-bond donors (Lipinski definition) is 3. The molecule has 1 aromatic rings. The molecule has 0 bridgehead atoms. The van der Waals surface area contributed by atoms with Gasteiger partial charge in [0, 0.05) is 17.8 Å². The summed E-state index contributed by atoms with van der Waals surface area (Å²) in [6.07, 6.45) is 4.38. The summed E-state index contributed by atoms with van der Waals surface area (Å²) in [4.78, 5) is 35.8. The Balaban J connectivity index is 2.19. The first-order chi connectivity index (χ1) is 11.4. The van der Waals surface area contributed by atoms with Crippen LogP contribution in [0.1, 0.15) is 35.7 Å². The first kappa shape index (κ1) is 17.7. The number of anilines is 1. The molecule has 0 spiro atoms. The molecule has 2 atom stereocenters. The van der Waals surface area contributed by atoms with Crippen molar-refractivity contribution in [1.82, 2.24) is 5.32 Å². The Morgan fingerprint density at radius 2 is 1.83 bits per heavy atom. The second-order valence-corrected chi connectivity index (χ2v) is 5.87. The Morgan fingerprint density at radius 3 is 2.46 bits per heavy atom. The highest BCUT2D eigenvalue weighted by Crippen LogP contribution is 2.28. The zero-order chi connectivity index (χ0) is 17.7. The predicted octanol–water partition coefficient (Wildman–Crippen LogP) is 2.35. The van der Waals surface area contributed by atoms with E-state index in [1.807, 2.05) is 19.9 Å². The number of nitrogens with one attached hydrogen (secondary N) is 2. The van der Waals surface area contributed by atoms with E-state index in [9.17, 15) is 19.5 Å². The minimum atomic E-state index is -0.965. The van der Waals surface area contributed by atoms with E-state index < -0.39 is 17.8 Å². The average molecular weight is 330 g/mol. The lowest BCUT2D eigenvalue weighted by Crippen LogP contribution is -2.35. The molecule has 2 amide bonds. The predicted molar refractivity (Wildman–Crippen MR) is 90.8 cm³/mol. The van der Waals surface area contributed by atoms with Crippen molar-refractivity contribution >= 4 is 23.5 Å². The second kappa shape index (κ2) is 7.77. The van der Waals surface area contributed by atoms with E-state index in [1.165, 1.54) is 0 Å². The number of carboxylic acids is 1. The molecule has 128 valence electrons. The summed E-state index contributed by atoms with van der Waals surface area (Å²) in [5.74, 6) is -2.84. The summed E-state index contributed by atoms with van der Waals surface area (Å²) >= 11 is 0. The van der Waals surface area contributed by atoms with Gasteiger partial charge in [-0.15, -0.1) is 0 Å². The van der Waals surface area contributed by atoms with E-state index in [2.05, 4.69) is 10.6 Å². The lowest BCUT2D eigenvalue weighted by molar-refractivity contribution is -0.146. The number of benzene rings is 1. The van der Waals surface area contributed by atoms with Gasteiger partial charge in [-0.2, -0.15) is 0 Å². The number of carboxylic acid groups (broad SMARTS) is 1. The van der Waals surface area contributed by atoms with Gasteiger partial charge in [-0.05, 0) is 44.4 Å². The molecular weight excluding hydrogens is 308 g/mol. The Labute approximate surface area is 140 Å². The van der Waals surface area contributed by atoms with Crippen molar-refractivity contribution in [2.24, 2.45) is 11.8 Å². The summed E-state index contributed by atoms with van der Waals surface area (Å²) in [5.41, 5.74) is 1.80. The summed E-state index contributed by atoms with van der Waals surface area (Å²) in [6, 6.07) is 5.07. The molecule has 1 aliphatic carbocycles. The van der Waals surface area contributed by atoms with E-state index in [-0.39, 0.29) is 11.8 Å². The van der Waals surface area contributed by atoms with Gasteiger partial charge in [0.1, 0.15) is 0 Å². The quantitative estimate of drug-likeness (QED) is 0.722. The monoisotopic (exact) mass is 330 g/mol. The first-order valence-electron chi connectivity index (χ1n) is 8.01. The van der Waals surface area contributed by atoms with Gasteiger partial charge >= 0.3 is 5.97 Å². The van der Waals surface area contributed by atoms with E-state index >= 15 is 0 Å². The van der Waals surface area contributed by atoms with E-state index in [0.717, 1.165) is 5.56 Å². The van der Waals surface area contributed by atoms with Crippen molar-refractivity contribution in [2.45, 2.75) is 26.7 Å². The fourth-order valence-corrected chi connectivity index (χ4v) is 2.76. The molecule has 0 saturated carbocycles. The van der Waals surface area contributed by atoms with Crippen LogP contribution in [0.25, 0.3) is 0 Å². The minimum absolute atomic E-state index is 0.211. The largest absolute Gasteiger partial charge is 0.481 e. The van der Waals surface area contributed by atoms with Crippen LogP contribution in [0.3, 0.4) is 0 Å². The molecule has 6 nitrogen and oxygen atoms in total. The third-order valence-corrected chi connectivity index (χ3v) is 4.18. The normalized spacial score (nSPS) is 19.6. The van der Waals surface area contributed by atoms with Gasteiger partial charge in [-0.1, -0.05) is 18.2 Å². The van der Waals surface area contributed by atoms with Crippen molar-refractivity contribution in [3.05, 3.63) is 41.5 Å². The van der Waals surface area contributed by atoms with Crippen LogP contribution in [-0.4, -0.2) is 29.4 Å². The average Bonchev–Trinajstić information content (AvgIpc) is 2.56. The van der Waals surface area contributed by atoms with Crippen molar-refractivity contribution in [1.29, 1.82) is 0 Å². The third-order valence-electron chi connectivity index (χ3n) is 4.18. The van der Waals surface area contributed by atoms with Gasteiger partial charge in [0.2, 0.25) is 5.91 Å². The van der Waals surface area contributed by atoms with Gasteiger partial charge in [0.05, 0.1) is 11.8 Å². The Morgan fingerprint density at radius 1 is 1.17 bits per heavy atom. The highest BCUT2D eigenvalue weighted by Gasteiger charge is 2.34. The van der Waals surface area contributed by atoms with Crippen LogP contribution in [0.15, 0.2) is 30.4 Å². The highest BCUT2D eigenvalue weighted by molar-refractivity contribution is 5.99. The van der Waals surface area contributed by atoms with Gasteiger partial charge in [-0.25, -0.2) is 0 Å². The molecular formula is C18H22N2O4. The van der Waals surface area contributed by atoms with Gasteiger partial charge in [-0.3, -0.25) is 14.4 Å². The molecule has 0 aliphatic heterocycles. The number of amides is 2.